The maximum absolute atomic E-state index is 13.4. The minimum atomic E-state index is -1.02. The van der Waals surface area contributed by atoms with Gasteiger partial charge in [-0.25, -0.2) is 4.79 Å². The van der Waals surface area contributed by atoms with E-state index in [0.717, 1.165) is 47.3 Å². The summed E-state index contributed by atoms with van der Waals surface area (Å²) in [6, 6.07) is 13.3. The quantitative estimate of drug-likeness (QED) is 0.133. The van der Waals surface area contributed by atoms with E-state index < -0.39 is 12.0 Å². The predicted octanol–water partition coefficient (Wildman–Crippen LogP) is 8.09. The first-order valence-corrected chi connectivity index (χ1v) is 18.0. The minimum absolute atomic E-state index is 0.309. The first-order chi connectivity index (χ1) is 21.8. The second-order valence-corrected chi connectivity index (χ2v) is 11.7. The highest BCUT2D eigenvalue weighted by Gasteiger charge is 2.30. The summed E-state index contributed by atoms with van der Waals surface area (Å²) < 4.78 is 6.13. The van der Waals surface area contributed by atoms with Crippen LogP contribution in [0.1, 0.15) is 62.0 Å². The van der Waals surface area contributed by atoms with Crippen molar-refractivity contribution >= 4 is 36.3 Å². The average molecular weight is 655 g/mol. The number of carboxylic acids is 1. The van der Waals surface area contributed by atoms with Crippen LogP contribution in [0, 0.1) is 12.8 Å². The number of allylic oxidation sites excluding steroid dienone is 3. The number of benzene rings is 2. The van der Waals surface area contributed by atoms with E-state index in [1.165, 1.54) is 0 Å². The van der Waals surface area contributed by atoms with Crippen LogP contribution < -0.4 is 5.32 Å². The van der Waals surface area contributed by atoms with E-state index in [-0.39, 0.29) is 5.91 Å². The van der Waals surface area contributed by atoms with Crippen LogP contribution in [0.4, 0.5) is 0 Å². The Morgan fingerprint density at radius 2 is 1.91 bits per heavy atom. The van der Waals surface area contributed by atoms with Crippen molar-refractivity contribution in [2.45, 2.75) is 66.1 Å². The number of carboxylic acid groups (broad SMARTS) is 1. The van der Waals surface area contributed by atoms with Crippen molar-refractivity contribution < 1.29 is 19.4 Å². The number of hydrogen-bond acceptors (Lipinski definition) is 6. The van der Waals surface area contributed by atoms with Gasteiger partial charge in [0, 0.05) is 24.7 Å². The third-order valence-electron chi connectivity index (χ3n) is 7.50. The number of amides is 1. The number of rotatable bonds is 15. The lowest BCUT2D eigenvalue weighted by Gasteiger charge is -2.25. The molecule has 6 nitrogen and oxygen atoms in total. The fraction of sp³-hybridized carbons (Fsp3) is 0.459. The fourth-order valence-electron chi connectivity index (χ4n) is 5.29. The maximum Gasteiger partial charge on any atom is 0.326 e. The van der Waals surface area contributed by atoms with Gasteiger partial charge in [-0.05, 0) is 90.8 Å². The number of hydrogen-bond donors (Lipinski definition) is 3. The molecule has 0 saturated carbocycles. The Labute approximate surface area is 281 Å². The summed E-state index contributed by atoms with van der Waals surface area (Å²) in [6.45, 7) is 17.0. The van der Waals surface area contributed by atoms with E-state index in [9.17, 15) is 14.7 Å². The SMILES string of the molecule is C=C/C=C\C(=C/C)COCC1CC(C)CN1Cc1ccc(C(=O)NC(CCSC)C(=O)O)c(-c2ccccc2C)c1.CC.CS. The lowest BCUT2D eigenvalue weighted by atomic mass is 9.93. The number of carbonyl (C=O) groups is 2. The summed E-state index contributed by atoms with van der Waals surface area (Å²) in [4.78, 5) is 27.7. The van der Waals surface area contributed by atoms with Gasteiger partial charge in [-0.15, -0.1) is 0 Å². The van der Waals surface area contributed by atoms with Gasteiger partial charge in [0.1, 0.15) is 6.04 Å². The van der Waals surface area contributed by atoms with Gasteiger partial charge in [-0.2, -0.15) is 24.4 Å². The second kappa shape index (κ2) is 22.7. The van der Waals surface area contributed by atoms with E-state index in [2.05, 4.69) is 48.5 Å². The van der Waals surface area contributed by atoms with Crippen molar-refractivity contribution in [3.63, 3.8) is 0 Å². The summed E-state index contributed by atoms with van der Waals surface area (Å²) in [6.07, 6.45) is 12.8. The molecule has 2 N–H and O–H groups in total. The molecule has 1 amide bonds. The van der Waals surface area contributed by atoms with Crippen molar-refractivity contribution in [2.24, 2.45) is 5.92 Å². The number of carbonyl (C=O) groups excluding carboxylic acids is 1. The zero-order chi connectivity index (χ0) is 33.8. The Morgan fingerprint density at radius 3 is 2.53 bits per heavy atom. The fourth-order valence-corrected chi connectivity index (χ4v) is 5.76. The molecule has 2 aromatic rings. The van der Waals surface area contributed by atoms with Crippen molar-refractivity contribution in [1.82, 2.24) is 10.2 Å². The molecule has 2 aromatic carbocycles. The molecule has 1 heterocycles. The number of nitrogens with zero attached hydrogens (tertiary/aromatic N) is 1. The molecule has 1 aliphatic rings. The number of aryl methyl sites for hydroxylation is 1. The standard InChI is InChI=1S/C34H44N2O4S.C2H6.CH4S/c1-6-8-12-26(7-2)22-40-23-28-18-24(3)20-36(28)21-27-14-15-30(31(19-27)29-13-10-9-11-25(29)4)33(37)35-32(34(38)39)16-17-41-5;2*1-2/h6-15,19,24,28,32H,1,16-18,20-23H2,2-5H3,(H,35,37)(H,38,39);1-2H3;2H,1H3/b12-8-,26-7+;;. The molecule has 0 spiro atoms. The van der Waals surface area contributed by atoms with Gasteiger partial charge < -0.3 is 15.2 Å². The van der Waals surface area contributed by atoms with Crippen molar-refractivity contribution in [3.05, 3.63) is 95.6 Å². The van der Waals surface area contributed by atoms with Crippen LogP contribution in [0.2, 0.25) is 0 Å². The van der Waals surface area contributed by atoms with E-state index in [1.54, 1.807) is 24.1 Å². The van der Waals surface area contributed by atoms with Gasteiger partial charge in [0.2, 0.25) is 0 Å². The third-order valence-corrected chi connectivity index (χ3v) is 8.14. The molecule has 3 atom stereocenters. The normalized spacial score (nSPS) is 17.1. The van der Waals surface area contributed by atoms with E-state index in [4.69, 9.17) is 4.74 Å². The molecule has 0 aromatic heterocycles. The summed E-state index contributed by atoms with van der Waals surface area (Å²) >= 11 is 5.09. The van der Waals surface area contributed by atoms with Crippen LogP contribution in [-0.2, 0) is 16.1 Å². The van der Waals surface area contributed by atoms with Crippen LogP contribution in [-0.4, -0.2) is 72.0 Å². The molecule has 1 fully saturated rings. The number of likely N-dealkylation sites (tertiary alicyclic amines) is 1. The lowest BCUT2D eigenvalue weighted by molar-refractivity contribution is -0.139. The highest BCUT2D eigenvalue weighted by molar-refractivity contribution is 7.98. The number of thioether (sulfide) groups is 1. The molecular formula is C37H54N2O4S2. The summed E-state index contributed by atoms with van der Waals surface area (Å²) in [5, 5.41) is 12.4. The zero-order valence-corrected chi connectivity index (χ0v) is 29.9. The number of aliphatic carboxylic acids is 1. The predicted molar refractivity (Wildman–Crippen MR) is 197 cm³/mol. The van der Waals surface area contributed by atoms with Crippen LogP contribution >= 0.6 is 24.4 Å². The second-order valence-electron chi connectivity index (χ2n) is 10.7. The summed E-state index contributed by atoms with van der Waals surface area (Å²) in [5.74, 6) is -0.159. The molecule has 0 radical (unpaired) electrons. The molecule has 248 valence electrons. The zero-order valence-electron chi connectivity index (χ0n) is 28.2. The van der Waals surface area contributed by atoms with Gasteiger partial charge >= 0.3 is 5.97 Å². The van der Waals surface area contributed by atoms with E-state index in [1.807, 2.05) is 82.5 Å². The number of nitrogens with one attached hydrogen (secondary N) is 1. The van der Waals surface area contributed by atoms with Crippen LogP contribution in [0.5, 0.6) is 0 Å². The first kappa shape index (κ1) is 40.2. The molecule has 0 bridgehead atoms. The van der Waals surface area contributed by atoms with Crippen LogP contribution in [0.15, 0.2) is 78.9 Å². The first-order valence-electron chi connectivity index (χ1n) is 15.7. The lowest BCUT2D eigenvalue weighted by Crippen LogP contribution is -2.41. The van der Waals surface area contributed by atoms with Gasteiger partial charge in [0.25, 0.3) is 5.91 Å². The van der Waals surface area contributed by atoms with Crippen molar-refractivity contribution in [3.8, 4) is 11.1 Å². The molecule has 3 unspecified atom stereocenters. The van der Waals surface area contributed by atoms with Gasteiger partial charge in [0.15, 0.2) is 0 Å². The van der Waals surface area contributed by atoms with Gasteiger partial charge in [0.05, 0.1) is 13.2 Å². The largest absolute Gasteiger partial charge is 0.480 e. The number of ether oxygens (including phenoxy) is 1. The Morgan fingerprint density at radius 1 is 1.20 bits per heavy atom. The Balaban J connectivity index is 0.00000243. The van der Waals surface area contributed by atoms with Crippen LogP contribution in [0.25, 0.3) is 11.1 Å². The molecular weight excluding hydrogens is 601 g/mol. The molecule has 1 aliphatic heterocycles. The Kier molecular flexibility index (Phi) is 20.3. The van der Waals surface area contributed by atoms with E-state index >= 15 is 0 Å². The van der Waals surface area contributed by atoms with Gasteiger partial charge in [-0.1, -0.05) is 82.0 Å². The Bertz CT molecular complexity index is 1260. The van der Waals surface area contributed by atoms with Crippen molar-refractivity contribution in [2.75, 3.05) is 38.0 Å². The summed E-state index contributed by atoms with van der Waals surface area (Å²) in [7, 11) is 0. The molecule has 45 heavy (non-hydrogen) atoms. The molecule has 8 heteroatoms. The topological polar surface area (TPSA) is 78.9 Å². The highest BCUT2D eigenvalue weighted by atomic mass is 32.2. The highest BCUT2D eigenvalue weighted by Crippen LogP contribution is 2.31. The molecule has 0 aliphatic carbocycles. The maximum atomic E-state index is 13.4. The van der Waals surface area contributed by atoms with E-state index in [0.29, 0.717) is 42.9 Å². The molecule has 3 rings (SSSR count). The Hall–Kier alpha value is -2.78. The van der Waals surface area contributed by atoms with Crippen molar-refractivity contribution in [1.29, 1.82) is 0 Å². The average Bonchev–Trinajstić information content (AvgIpc) is 3.40. The monoisotopic (exact) mass is 654 g/mol. The van der Waals surface area contributed by atoms with Gasteiger partial charge in [-0.3, -0.25) is 9.69 Å². The molecule has 1 saturated heterocycles. The summed E-state index contributed by atoms with van der Waals surface area (Å²) in [5.41, 5.74) is 5.56. The smallest absolute Gasteiger partial charge is 0.326 e. The third kappa shape index (κ3) is 13.2. The van der Waals surface area contributed by atoms with Crippen LogP contribution in [0.3, 0.4) is 0 Å². The number of thiol groups is 1. The minimum Gasteiger partial charge on any atom is -0.480 e.